The smallest absolute Gasteiger partial charge is 0.0653 e. The van der Waals surface area contributed by atoms with Gasteiger partial charge in [-0.1, -0.05) is 12.7 Å². The minimum atomic E-state index is 0.838. The van der Waals surface area contributed by atoms with Crippen LogP contribution in [0.5, 0.6) is 0 Å². The van der Waals surface area contributed by atoms with E-state index in [1.54, 1.807) is 0 Å². The van der Waals surface area contributed by atoms with Crippen LogP contribution in [0.3, 0.4) is 0 Å². The van der Waals surface area contributed by atoms with Crippen LogP contribution in [0, 0.1) is 5.92 Å². The summed E-state index contributed by atoms with van der Waals surface area (Å²) in [5.41, 5.74) is 0. The Hall–Kier alpha value is 0.0249. The third-order valence-electron chi connectivity index (χ3n) is 1.92. The van der Waals surface area contributed by atoms with Crippen molar-refractivity contribution in [1.82, 2.24) is 0 Å². The van der Waals surface area contributed by atoms with Crippen LogP contribution in [0.1, 0.15) is 19.3 Å². The molecule has 9 heavy (non-hydrogen) atoms. The molecule has 1 saturated heterocycles. The van der Waals surface area contributed by atoms with E-state index in [0.717, 1.165) is 25.5 Å². The first-order chi connectivity index (χ1) is 4.43. The van der Waals surface area contributed by atoms with Crippen LogP contribution in [0.15, 0.2) is 0 Å². The van der Waals surface area contributed by atoms with Gasteiger partial charge in [-0.2, -0.15) is 0 Å². The first kappa shape index (κ1) is 7.14. The number of rotatable bonds is 2. The molecule has 0 aliphatic carbocycles. The molecule has 0 unspecified atom stereocenters. The summed E-state index contributed by atoms with van der Waals surface area (Å²) < 4.78 is 5.21. The van der Waals surface area contributed by atoms with E-state index in [-0.39, 0.29) is 0 Å². The van der Waals surface area contributed by atoms with Crippen LogP contribution in [0.25, 0.3) is 0 Å². The van der Waals surface area contributed by atoms with E-state index in [2.05, 4.69) is 0 Å². The molecule has 2 radical (unpaired) electrons. The minimum absolute atomic E-state index is 0.838. The van der Waals surface area contributed by atoms with Gasteiger partial charge in [-0.3, -0.25) is 0 Å². The Morgan fingerprint density at radius 1 is 1.33 bits per heavy atom. The first-order valence-electron chi connectivity index (χ1n) is 3.71. The molecule has 0 aromatic rings. The molecule has 1 fully saturated rings. The Bertz CT molecular complexity index is 66.6. The van der Waals surface area contributed by atoms with Crippen molar-refractivity contribution in [1.29, 1.82) is 0 Å². The Balaban J connectivity index is 2.08. The molecule has 0 amide bonds. The van der Waals surface area contributed by atoms with Gasteiger partial charge in [0.2, 0.25) is 0 Å². The summed E-state index contributed by atoms with van der Waals surface area (Å²) in [5.74, 6) is 0.851. The Labute approximate surface area is 58.2 Å². The second kappa shape index (κ2) is 3.94. The highest BCUT2D eigenvalue weighted by atomic mass is 16.5. The average Bonchev–Trinajstić information content (AvgIpc) is 1.91. The van der Waals surface area contributed by atoms with E-state index in [0.29, 0.717) is 0 Å². The van der Waals surface area contributed by atoms with Gasteiger partial charge in [-0.05, 0) is 18.8 Å². The molecular formula is C7H13BO. The summed E-state index contributed by atoms with van der Waals surface area (Å²) in [6, 6.07) is 0. The predicted molar refractivity (Wildman–Crippen MR) is 38.7 cm³/mol. The molecular weight excluding hydrogens is 111 g/mol. The fraction of sp³-hybridized carbons (Fsp3) is 1.00. The van der Waals surface area contributed by atoms with Crippen molar-refractivity contribution < 1.29 is 4.74 Å². The summed E-state index contributed by atoms with van der Waals surface area (Å²) >= 11 is 0. The Morgan fingerprint density at radius 2 is 2.00 bits per heavy atom. The molecule has 0 aromatic carbocycles. The van der Waals surface area contributed by atoms with Gasteiger partial charge in [0.1, 0.15) is 0 Å². The summed E-state index contributed by atoms with van der Waals surface area (Å²) in [5, 5.41) is 0. The maximum absolute atomic E-state index is 5.42. The highest BCUT2D eigenvalue weighted by Gasteiger charge is 2.11. The van der Waals surface area contributed by atoms with Gasteiger partial charge in [-0.25, -0.2) is 0 Å². The van der Waals surface area contributed by atoms with Crippen LogP contribution in [-0.4, -0.2) is 21.1 Å². The van der Waals surface area contributed by atoms with Gasteiger partial charge in [0.25, 0.3) is 0 Å². The number of hydrogen-bond donors (Lipinski definition) is 0. The fourth-order valence-corrected chi connectivity index (χ4v) is 1.27. The van der Waals surface area contributed by atoms with Gasteiger partial charge < -0.3 is 4.74 Å². The molecule has 0 spiro atoms. The van der Waals surface area contributed by atoms with Gasteiger partial charge in [0, 0.05) is 13.2 Å². The van der Waals surface area contributed by atoms with Crippen molar-refractivity contribution in [3.8, 4) is 0 Å². The second-order valence-electron chi connectivity index (χ2n) is 2.63. The van der Waals surface area contributed by atoms with Crippen molar-refractivity contribution in [3.63, 3.8) is 0 Å². The van der Waals surface area contributed by atoms with Crippen molar-refractivity contribution in [2.24, 2.45) is 5.92 Å². The lowest BCUT2D eigenvalue weighted by molar-refractivity contribution is 0.0654. The van der Waals surface area contributed by atoms with E-state index in [1.165, 1.54) is 19.3 Å². The highest BCUT2D eigenvalue weighted by Crippen LogP contribution is 2.18. The summed E-state index contributed by atoms with van der Waals surface area (Å²) in [4.78, 5) is 0. The molecule has 0 N–H and O–H groups in total. The lowest BCUT2D eigenvalue weighted by Gasteiger charge is -2.20. The zero-order chi connectivity index (χ0) is 6.53. The monoisotopic (exact) mass is 124 g/mol. The predicted octanol–water partition coefficient (Wildman–Crippen LogP) is 1.39. The molecule has 0 bridgehead atoms. The number of hydrogen-bond acceptors (Lipinski definition) is 1. The van der Waals surface area contributed by atoms with E-state index in [4.69, 9.17) is 12.6 Å². The standard InChI is InChI=1S/C7H13BO/c8-4-1-7-2-5-9-6-3-7/h7H,1-6H2. The van der Waals surface area contributed by atoms with Crippen molar-refractivity contribution in [2.75, 3.05) is 13.2 Å². The van der Waals surface area contributed by atoms with E-state index < -0.39 is 0 Å². The minimum Gasteiger partial charge on any atom is -0.381 e. The van der Waals surface area contributed by atoms with Gasteiger partial charge in [0.15, 0.2) is 0 Å². The average molecular weight is 124 g/mol. The lowest BCUT2D eigenvalue weighted by atomic mass is 9.89. The molecule has 1 aliphatic rings. The Kier molecular flexibility index (Phi) is 3.12. The van der Waals surface area contributed by atoms with E-state index in [1.807, 2.05) is 0 Å². The van der Waals surface area contributed by atoms with Crippen LogP contribution in [0.2, 0.25) is 6.32 Å². The zero-order valence-electron chi connectivity index (χ0n) is 5.81. The summed E-state index contributed by atoms with van der Waals surface area (Å²) in [7, 11) is 5.42. The first-order valence-corrected chi connectivity index (χ1v) is 3.71. The molecule has 50 valence electrons. The molecule has 0 aromatic heterocycles. The molecule has 0 saturated carbocycles. The third kappa shape index (κ3) is 2.40. The van der Waals surface area contributed by atoms with Crippen LogP contribution in [-0.2, 0) is 4.74 Å². The van der Waals surface area contributed by atoms with Crippen LogP contribution >= 0.6 is 0 Å². The van der Waals surface area contributed by atoms with E-state index in [9.17, 15) is 0 Å². The molecule has 1 nitrogen and oxygen atoms in total. The normalized spacial score (nSPS) is 22.2. The second-order valence-corrected chi connectivity index (χ2v) is 2.63. The van der Waals surface area contributed by atoms with Crippen molar-refractivity contribution >= 4 is 7.85 Å². The van der Waals surface area contributed by atoms with E-state index >= 15 is 0 Å². The lowest BCUT2D eigenvalue weighted by Crippen LogP contribution is -2.15. The largest absolute Gasteiger partial charge is 0.381 e. The highest BCUT2D eigenvalue weighted by molar-refractivity contribution is 6.08. The van der Waals surface area contributed by atoms with Gasteiger partial charge in [0.05, 0.1) is 7.85 Å². The van der Waals surface area contributed by atoms with Crippen LogP contribution < -0.4 is 0 Å². The maximum Gasteiger partial charge on any atom is 0.0653 e. The molecule has 1 aliphatic heterocycles. The number of ether oxygens (including phenoxy) is 1. The molecule has 2 heteroatoms. The fourth-order valence-electron chi connectivity index (χ4n) is 1.27. The van der Waals surface area contributed by atoms with Crippen molar-refractivity contribution in [3.05, 3.63) is 0 Å². The topological polar surface area (TPSA) is 9.23 Å². The zero-order valence-corrected chi connectivity index (χ0v) is 5.81. The van der Waals surface area contributed by atoms with Crippen molar-refractivity contribution in [2.45, 2.75) is 25.6 Å². The third-order valence-corrected chi connectivity index (χ3v) is 1.92. The SMILES string of the molecule is [B]CCC1CCOCC1. The molecule has 1 rings (SSSR count). The maximum atomic E-state index is 5.42. The van der Waals surface area contributed by atoms with Gasteiger partial charge in [-0.15, -0.1) is 0 Å². The quantitative estimate of drug-likeness (QED) is 0.505. The summed E-state index contributed by atoms with van der Waals surface area (Å²) in [6.45, 7) is 1.90. The Morgan fingerprint density at radius 3 is 2.56 bits per heavy atom. The van der Waals surface area contributed by atoms with Gasteiger partial charge >= 0.3 is 0 Å². The van der Waals surface area contributed by atoms with Crippen LogP contribution in [0.4, 0.5) is 0 Å². The molecule has 1 heterocycles. The summed E-state index contributed by atoms with van der Waals surface area (Å²) in [6.07, 6.45) is 4.46. The molecule has 0 atom stereocenters.